The van der Waals surface area contributed by atoms with Crippen LogP contribution in [0.4, 0.5) is 5.82 Å². The van der Waals surface area contributed by atoms with Crippen LogP contribution in [0, 0.1) is 11.3 Å². The zero-order chi connectivity index (χ0) is 19.8. The fourth-order valence-electron chi connectivity index (χ4n) is 4.40. The first-order chi connectivity index (χ1) is 14.2. The lowest BCUT2D eigenvalue weighted by Gasteiger charge is -2.32. The molecule has 2 aromatic heterocycles. The van der Waals surface area contributed by atoms with E-state index in [2.05, 4.69) is 30.8 Å². The van der Waals surface area contributed by atoms with Crippen molar-refractivity contribution in [3.8, 4) is 6.07 Å². The molecule has 29 heavy (non-hydrogen) atoms. The molecule has 7 nitrogen and oxygen atoms in total. The Hall–Kier alpha value is -3.40. The summed E-state index contributed by atoms with van der Waals surface area (Å²) in [4.78, 5) is 29.6. The van der Waals surface area contributed by atoms with Crippen LogP contribution in [0.1, 0.15) is 30.4 Å². The molecule has 1 aliphatic carbocycles. The maximum atomic E-state index is 13.2. The maximum absolute atomic E-state index is 13.2. The van der Waals surface area contributed by atoms with Gasteiger partial charge in [-0.3, -0.25) is 4.79 Å². The monoisotopic (exact) mass is 386 g/mol. The van der Waals surface area contributed by atoms with Gasteiger partial charge in [0.1, 0.15) is 17.8 Å². The molecule has 1 spiro atoms. The van der Waals surface area contributed by atoms with Gasteiger partial charge in [-0.05, 0) is 43.0 Å². The molecule has 1 saturated heterocycles. The summed E-state index contributed by atoms with van der Waals surface area (Å²) < 4.78 is 0. The molecule has 5 rings (SSSR count). The lowest BCUT2D eigenvalue weighted by Crippen LogP contribution is -2.47. The predicted octanol–water partition coefficient (Wildman–Crippen LogP) is 2.64. The number of fused-ring (bicyclic) bond motifs is 1. The van der Waals surface area contributed by atoms with E-state index in [9.17, 15) is 4.79 Å². The Morgan fingerprint density at radius 2 is 2.00 bits per heavy atom. The van der Waals surface area contributed by atoms with Crippen molar-refractivity contribution in [3.05, 3.63) is 54.0 Å². The number of carbonyl (C=O) groups is 1. The molecular formula is C22H22N6O. The van der Waals surface area contributed by atoms with Gasteiger partial charge in [-0.1, -0.05) is 12.1 Å². The van der Waals surface area contributed by atoms with Crippen LogP contribution in [0.3, 0.4) is 0 Å². The highest BCUT2D eigenvalue weighted by atomic mass is 16.2. The molecular weight excluding hydrogens is 364 g/mol. The van der Waals surface area contributed by atoms with Gasteiger partial charge in [0.15, 0.2) is 0 Å². The summed E-state index contributed by atoms with van der Waals surface area (Å²) in [5.41, 5.74) is 2.33. The Balaban J connectivity index is 1.36. The van der Waals surface area contributed by atoms with Crippen LogP contribution >= 0.6 is 0 Å². The van der Waals surface area contributed by atoms with Crippen molar-refractivity contribution in [1.82, 2.24) is 19.9 Å². The molecule has 2 fully saturated rings. The van der Waals surface area contributed by atoms with E-state index in [1.54, 1.807) is 18.5 Å². The smallest absolute Gasteiger partial charge is 0.227 e. The van der Waals surface area contributed by atoms with Crippen LogP contribution in [0.25, 0.3) is 11.0 Å². The van der Waals surface area contributed by atoms with E-state index in [0.717, 1.165) is 61.3 Å². The van der Waals surface area contributed by atoms with Crippen LogP contribution in [0.2, 0.25) is 0 Å². The fourth-order valence-corrected chi connectivity index (χ4v) is 4.40. The summed E-state index contributed by atoms with van der Waals surface area (Å²) in [5, 5.41) is 9.98. The van der Waals surface area contributed by atoms with Crippen LogP contribution in [0.15, 0.2) is 42.9 Å². The normalized spacial score (nSPS) is 17.9. The largest absolute Gasteiger partial charge is 0.354 e. The minimum Gasteiger partial charge on any atom is -0.354 e. The van der Waals surface area contributed by atoms with Gasteiger partial charge in [0, 0.05) is 25.8 Å². The van der Waals surface area contributed by atoms with Gasteiger partial charge in [-0.15, -0.1) is 0 Å². The van der Waals surface area contributed by atoms with E-state index < -0.39 is 0 Å². The van der Waals surface area contributed by atoms with E-state index in [1.807, 2.05) is 24.4 Å². The molecule has 1 aliphatic heterocycles. The Labute approximate surface area is 169 Å². The third kappa shape index (κ3) is 3.21. The molecule has 3 aromatic rings. The minimum atomic E-state index is -0.0895. The molecule has 1 saturated carbocycles. The second-order valence-electron chi connectivity index (χ2n) is 7.97. The number of rotatable bonds is 3. The van der Waals surface area contributed by atoms with Gasteiger partial charge in [-0.2, -0.15) is 5.26 Å². The fraction of sp³-hybridized carbons (Fsp3) is 0.364. The maximum Gasteiger partial charge on any atom is 0.227 e. The molecule has 2 aliphatic rings. The van der Waals surface area contributed by atoms with Crippen molar-refractivity contribution in [3.63, 3.8) is 0 Å². The molecule has 0 unspecified atom stereocenters. The highest BCUT2D eigenvalue weighted by molar-refractivity contribution is 5.87. The molecule has 3 heterocycles. The number of anilines is 1. The zero-order valence-corrected chi connectivity index (χ0v) is 16.1. The van der Waals surface area contributed by atoms with Crippen molar-refractivity contribution in [2.75, 3.05) is 24.5 Å². The van der Waals surface area contributed by atoms with Gasteiger partial charge >= 0.3 is 0 Å². The first kappa shape index (κ1) is 17.7. The average molecular weight is 386 g/mol. The first-order valence-corrected chi connectivity index (χ1v) is 10.0. The number of nitrogens with one attached hydrogen (secondary N) is 1. The lowest BCUT2D eigenvalue weighted by molar-refractivity contribution is -0.133. The number of aromatic amines is 1. The number of nitrogens with zero attached hydrogens (tertiary/aromatic N) is 5. The predicted molar refractivity (Wildman–Crippen MR) is 109 cm³/mol. The Morgan fingerprint density at radius 1 is 1.17 bits per heavy atom. The number of hydrogen-bond acceptors (Lipinski definition) is 5. The molecule has 1 amide bonds. The lowest BCUT2D eigenvalue weighted by atomic mass is 10.1. The third-order valence-electron chi connectivity index (χ3n) is 6.07. The number of carbonyl (C=O) groups excluding carboxylic acids is 1. The van der Waals surface area contributed by atoms with Gasteiger partial charge < -0.3 is 14.8 Å². The first-order valence-electron chi connectivity index (χ1n) is 10.0. The van der Waals surface area contributed by atoms with E-state index in [4.69, 9.17) is 5.26 Å². The second kappa shape index (κ2) is 6.89. The number of H-pyrrole nitrogens is 1. The third-order valence-corrected chi connectivity index (χ3v) is 6.07. The van der Waals surface area contributed by atoms with Gasteiger partial charge in [0.25, 0.3) is 0 Å². The highest BCUT2D eigenvalue weighted by Gasteiger charge is 2.52. The molecule has 1 N–H and O–H groups in total. The van der Waals surface area contributed by atoms with Crippen molar-refractivity contribution < 1.29 is 4.79 Å². The standard InChI is InChI=1S/C22H22N6O/c23-13-17-4-2-16(3-5-17)12-19(29)28-11-1-10-27(14-22(28)7-8-22)21-18-6-9-24-20(18)25-15-26-21/h2-6,9,15H,1,7-8,10-12,14H2,(H,24,25,26). The number of benzene rings is 1. The number of nitriles is 1. The van der Waals surface area contributed by atoms with Crippen LogP contribution in [0.5, 0.6) is 0 Å². The summed E-state index contributed by atoms with van der Waals surface area (Å²) in [5.74, 6) is 1.12. The van der Waals surface area contributed by atoms with Crippen molar-refractivity contribution in [1.29, 1.82) is 5.26 Å². The number of aromatic nitrogens is 3. The van der Waals surface area contributed by atoms with Gasteiger partial charge in [0.2, 0.25) is 5.91 Å². The SMILES string of the molecule is N#Cc1ccc(CC(=O)N2CCCN(c3ncnc4[nH]ccc34)CC23CC3)cc1. The average Bonchev–Trinajstić information content (AvgIpc) is 3.40. The van der Waals surface area contributed by atoms with Gasteiger partial charge in [0.05, 0.1) is 29.0 Å². The second-order valence-corrected chi connectivity index (χ2v) is 7.97. The van der Waals surface area contributed by atoms with E-state index >= 15 is 0 Å². The molecule has 146 valence electrons. The van der Waals surface area contributed by atoms with E-state index in [-0.39, 0.29) is 11.4 Å². The summed E-state index contributed by atoms with van der Waals surface area (Å²) in [7, 11) is 0. The summed E-state index contributed by atoms with van der Waals surface area (Å²) in [6, 6.07) is 11.4. The number of hydrogen-bond donors (Lipinski definition) is 1. The van der Waals surface area contributed by atoms with Crippen molar-refractivity contribution >= 4 is 22.8 Å². The van der Waals surface area contributed by atoms with Crippen LogP contribution < -0.4 is 4.90 Å². The Bertz CT molecular complexity index is 1090. The quantitative estimate of drug-likeness (QED) is 0.747. The van der Waals surface area contributed by atoms with Crippen LogP contribution in [-0.2, 0) is 11.2 Å². The van der Waals surface area contributed by atoms with E-state index in [1.165, 1.54) is 0 Å². The molecule has 0 atom stereocenters. The summed E-state index contributed by atoms with van der Waals surface area (Å²) in [6.45, 7) is 2.45. The highest BCUT2D eigenvalue weighted by Crippen LogP contribution is 2.45. The van der Waals surface area contributed by atoms with Crippen LogP contribution in [-0.4, -0.2) is 50.9 Å². The summed E-state index contributed by atoms with van der Waals surface area (Å²) in [6.07, 6.45) is 6.85. The molecule has 7 heteroatoms. The number of amides is 1. The Kier molecular flexibility index (Phi) is 4.20. The molecule has 0 bridgehead atoms. The Morgan fingerprint density at radius 3 is 2.76 bits per heavy atom. The summed E-state index contributed by atoms with van der Waals surface area (Å²) >= 11 is 0. The van der Waals surface area contributed by atoms with Crippen molar-refractivity contribution in [2.24, 2.45) is 0 Å². The van der Waals surface area contributed by atoms with Crippen molar-refractivity contribution in [2.45, 2.75) is 31.2 Å². The van der Waals surface area contributed by atoms with E-state index in [0.29, 0.717) is 12.0 Å². The topological polar surface area (TPSA) is 88.9 Å². The minimum absolute atomic E-state index is 0.0895. The molecule has 0 radical (unpaired) electrons. The zero-order valence-electron chi connectivity index (χ0n) is 16.1. The molecule has 1 aromatic carbocycles. The van der Waals surface area contributed by atoms with Gasteiger partial charge in [-0.25, -0.2) is 9.97 Å².